The highest BCUT2D eigenvalue weighted by Crippen LogP contribution is 2.25. The molecule has 1 atom stereocenters. The number of nitrogens with one attached hydrogen (secondary N) is 1. The second-order valence-electron chi connectivity index (χ2n) is 8.47. The molecule has 34 heavy (non-hydrogen) atoms. The van der Waals surface area contributed by atoms with E-state index in [0.717, 1.165) is 47.2 Å². The van der Waals surface area contributed by atoms with Gasteiger partial charge in [0.25, 0.3) is 5.91 Å². The van der Waals surface area contributed by atoms with Crippen LogP contribution in [0.2, 0.25) is 0 Å². The van der Waals surface area contributed by atoms with Crippen LogP contribution in [0.3, 0.4) is 0 Å². The first-order valence-corrected chi connectivity index (χ1v) is 11.6. The summed E-state index contributed by atoms with van der Waals surface area (Å²) in [5.41, 5.74) is 4.75. The molecule has 1 aliphatic heterocycles. The molecule has 7 nitrogen and oxygen atoms in total. The fraction of sp³-hybridized carbons (Fsp3) is 0.370. The van der Waals surface area contributed by atoms with Crippen LogP contribution in [-0.4, -0.2) is 62.4 Å². The monoisotopic (exact) mass is 463 g/mol. The first kappa shape index (κ1) is 23.9. The molecule has 2 aromatic carbocycles. The fourth-order valence-electron chi connectivity index (χ4n) is 4.58. The zero-order valence-corrected chi connectivity index (χ0v) is 20.3. The van der Waals surface area contributed by atoms with Gasteiger partial charge in [0.1, 0.15) is 11.5 Å². The molecule has 1 saturated heterocycles. The van der Waals surface area contributed by atoms with Gasteiger partial charge in [-0.25, -0.2) is 0 Å². The minimum Gasteiger partial charge on any atom is -0.497 e. The van der Waals surface area contributed by atoms with Crippen LogP contribution in [0.15, 0.2) is 54.6 Å². The van der Waals surface area contributed by atoms with Crippen molar-refractivity contribution in [3.8, 4) is 17.2 Å². The predicted molar refractivity (Wildman–Crippen MR) is 132 cm³/mol. The lowest BCUT2D eigenvalue weighted by atomic mass is 10.0. The van der Waals surface area contributed by atoms with Crippen molar-refractivity contribution in [3.63, 3.8) is 0 Å². The molecular weight excluding hydrogens is 430 g/mol. The van der Waals surface area contributed by atoms with Crippen molar-refractivity contribution in [1.82, 2.24) is 14.8 Å². The van der Waals surface area contributed by atoms with Gasteiger partial charge in [-0.3, -0.25) is 9.69 Å². The van der Waals surface area contributed by atoms with Crippen LogP contribution in [0.1, 0.15) is 33.4 Å². The van der Waals surface area contributed by atoms with Gasteiger partial charge in [-0.1, -0.05) is 12.1 Å². The number of hydrogen-bond acceptors (Lipinski definition) is 5. The Morgan fingerprint density at radius 2 is 1.56 bits per heavy atom. The summed E-state index contributed by atoms with van der Waals surface area (Å²) in [5, 5.41) is 3.19. The van der Waals surface area contributed by atoms with Crippen LogP contribution in [-0.2, 0) is 4.74 Å². The van der Waals surface area contributed by atoms with E-state index in [1.165, 1.54) is 0 Å². The molecule has 0 aliphatic carbocycles. The molecule has 1 N–H and O–H groups in total. The molecule has 3 aromatic rings. The Balaban J connectivity index is 1.53. The number of morpholine rings is 1. The molecule has 1 aliphatic rings. The van der Waals surface area contributed by atoms with Gasteiger partial charge in [-0.2, -0.15) is 0 Å². The predicted octanol–water partition coefficient (Wildman–Crippen LogP) is 3.91. The Morgan fingerprint density at radius 3 is 2.15 bits per heavy atom. The third-order valence-electron chi connectivity index (χ3n) is 6.45. The van der Waals surface area contributed by atoms with Crippen molar-refractivity contribution in [2.45, 2.75) is 19.9 Å². The van der Waals surface area contributed by atoms with Gasteiger partial charge in [0, 0.05) is 36.7 Å². The van der Waals surface area contributed by atoms with Crippen molar-refractivity contribution >= 4 is 5.91 Å². The Kier molecular flexibility index (Phi) is 7.55. The van der Waals surface area contributed by atoms with Crippen LogP contribution in [0.4, 0.5) is 0 Å². The van der Waals surface area contributed by atoms with Gasteiger partial charge < -0.3 is 24.1 Å². The van der Waals surface area contributed by atoms with Gasteiger partial charge in [-0.15, -0.1) is 0 Å². The lowest BCUT2D eigenvalue weighted by Crippen LogP contribution is -2.43. The van der Waals surface area contributed by atoms with Crippen LogP contribution in [0, 0.1) is 13.8 Å². The van der Waals surface area contributed by atoms with Crippen molar-refractivity contribution in [3.05, 3.63) is 77.1 Å². The maximum Gasteiger partial charge on any atom is 0.253 e. The van der Waals surface area contributed by atoms with E-state index in [1.54, 1.807) is 14.2 Å². The number of amides is 1. The summed E-state index contributed by atoms with van der Waals surface area (Å²) in [6.07, 6.45) is 0. The van der Waals surface area contributed by atoms with Crippen molar-refractivity contribution in [1.29, 1.82) is 0 Å². The molecule has 180 valence electrons. The van der Waals surface area contributed by atoms with Gasteiger partial charge in [0.2, 0.25) is 0 Å². The quantitative estimate of drug-likeness (QED) is 0.549. The summed E-state index contributed by atoms with van der Waals surface area (Å²) < 4.78 is 18.2. The lowest BCUT2D eigenvalue weighted by molar-refractivity contribution is 0.0162. The third kappa shape index (κ3) is 5.11. The number of carbonyl (C=O) groups is 1. The van der Waals surface area contributed by atoms with Crippen molar-refractivity contribution in [2.75, 3.05) is 47.1 Å². The minimum absolute atomic E-state index is 0.0591. The van der Waals surface area contributed by atoms with E-state index in [-0.39, 0.29) is 11.9 Å². The van der Waals surface area contributed by atoms with Crippen molar-refractivity contribution < 1.29 is 19.0 Å². The second kappa shape index (κ2) is 10.8. The molecule has 1 amide bonds. The third-order valence-corrected chi connectivity index (χ3v) is 6.45. The van der Waals surface area contributed by atoms with Crippen LogP contribution < -0.4 is 14.8 Å². The summed E-state index contributed by atoms with van der Waals surface area (Å²) in [4.78, 5) is 15.6. The SMILES string of the molecule is COc1ccc(C(CNC(=O)c2cc(C)n(-c3ccc(OC)cc3)c2C)N2CCOCC2)cc1. The summed E-state index contributed by atoms with van der Waals surface area (Å²) in [7, 11) is 3.32. The van der Waals surface area contributed by atoms with E-state index in [2.05, 4.69) is 26.9 Å². The van der Waals surface area contributed by atoms with Crippen LogP contribution in [0.25, 0.3) is 5.69 Å². The first-order valence-electron chi connectivity index (χ1n) is 11.6. The van der Waals surface area contributed by atoms with Gasteiger partial charge in [0.05, 0.1) is 39.0 Å². The maximum atomic E-state index is 13.3. The molecule has 2 heterocycles. The molecule has 0 saturated carbocycles. The molecule has 0 radical (unpaired) electrons. The number of rotatable bonds is 8. The summed E-state index contributed by atoms with van der Waals surface area (Å²) >= 11 is 0. The Bertz CT molecular complexity index is 1100. The van der Waals surface area contributed by atoms with Crippen LogP contribution >= 0.6 is 0 Å². The Hall–Kier alpha value is -3.29. The fourth-order valence-corrected chi connectivity index (χ4v) is 4.58. The molecular formula is C27H33N3O4. The smallest absolute Gasteiger partial charge is 0.253 e. The lowest BCUT2D eigenvalue weighted by Gasteiger charge is -2.35. The normalized spacial score (nSPS) is 15.1. The molecule has 1 fully saturated rings. The molecule has 4 rings (SSSR count). The average Bonchev–Trinajstić information content (AvgIpc) is 3.18. The average molecular weight is 464 g/mol. The zero-order valence-electron chi connectivity index (χ0n) is 20.3. The van der Waals surface area contributed by atoms with E-state index in [1.807, 2.05) is 56.3 Å². The molecule has 7 heteroatoms. The number of ether oxygens (including phenoxy) is 3. The maximum absolute atomic E-state index is 13.3. The number of carbonyl (C=O) groups excluding carboxylic acids is 1. The Labute approximate surface area is 201 Å². The van der Waals surface area contributed by atoms with Crippen LogP contribution in [0.5, 0.6) is 11.5 Å². The number of aromatic nitrogens is 1. The van der Waals surface area contributed by atoms with Gasteiger partial charge >= 0.3 is 0 Å². The topological polar surface area (TPSA) is 65.0 Å². The standard InChI is InChI=1S/C27H33N3O4/c1-19-17-25(20(2)30(19)22-7-11-24(33-4)12-8-22)27(31)28-18-26(29-13-15-34-16-14-29)21-5-9-23(32-3)10-6-21/h5-12,17,26H,13-16,18H2,1-4H3,(H,28,31). The van der Waals surface area contributed by atoms with Gasteiger partial charge in [-0.05, 0) is 61.9 Å². The number of aryl methyl sites for hydroxylation is 1. The highest BCUT2D eigenvalue weighted by molar-refractivity contribution is 5.96. The highest BCUT2D eigenvalue weighted by atomic mass is 16.5. The largest absolute Gasteiger partial charge is 0.497 e. The molecule has 0 bridgehead atoms. The molecule has 1 aromatic heterocycles. The summed E-state index contributed by atoms with van der Waals surface area (Å²) in [6, 6.07) is 17.9. The first-order chi connectivity index (χ1) is 16.5. The van der Waals surface area contributed by atoms with E-state index in [0.29, 0.717) is 25.3 Å². The second-order valence-corrected chi connectivity index (χ2v) is 8.47. The summed E-state index contributed by atoms with van der Waals surface area (Å²) in [6.45, 7) is 7.57. The van der Waals surface area contributed by atoms with Gasteiger partial charge in [0.15, 0.2) is 0 Å². The highest BCUT2D eigenvalue weighted by Gasteiger charge is 2.24. The Morgan fingerprint density at radius 1 is 0.971 bits per heavy atom. The summed E-state index contributed by atoms with van der Waals surface area (Å²) in [5.74, 6) is 1.55. The van der Waals surface area contributed by atoms with E-state index in [4.69, 9.17) is 14.2 Å². The van der Waals surface area contributed by atoms with E-state index in [9.17, 15) is 4.79 Å². The van der Waals surface area contributed by atoms with E-state index >= 15 is 0 Å². The number of benzene rings is 2. The molecule has 1 unspecified atom stereocenters. The number of methoxy groups -OCH3 is 2. The number of hydrogen-bond donors (Lipinski definition) is 1. The number of nitrogens with zero attached hydrogens (tertiary/aromatic N) is 2. The van der Waals surface area contributed by atoms with E-state index < -0.39 is 0 Å². The minimum atomic E-state index is -0.0698. The van der Waals surface area contributed by atoms with Crippen molar-refractivity contribution in [2.24, 2.45) is 0 Å². The molecule has 0 spiro atoms. The zero-order chi connectivity index (χ0) is 24.1.